The van der Waals surface area contributed by atoms with E-state index in [1.165, 1.54) is 18.7 Å². The normalized spacial score (nSPS) is 16.6. The minimum absolute atomic E-state index is 0.0919. The van der Waals surface area contributed by atoms with E-state index < -0.39 is 12.0 Å². The molecule has 1 aromatic rings. The number of benzene rings is 1. The molecule has 0 bridgehead atoms. The monoisotopic (exact) mass is 432 g/mol. The number of nitrogens with zero attached hydrogens (tertiary/aromatic N) is 1. The second kappa shape index (κ2) is 11.5. The number of hydrogen-bond acceptors (Lipinski definition) is 5. The molecule has 1 saturated heterocycles. The summed E-state index contributed by atoms with van der Waals surface area (Å²) in [4.78, 5) is 37.1. The van der Waals surface area contributed by atoms with Gasteiger partial charge < -0.3 is 10.4 Å². The molecule has 1 atom stereocenters. The molecule has 2 amide bonds. The van der Waals surface area contributed by atoms with Crippen molar-refractivity contribution >= 4 is 52.2 Å². The number of aliphatic carboxylic acids is 1. The number of allylic oxidation sites excluding steroid dienone is 2. The van der Waals surface area contributed by atoms with Crippen LogP contribution in [0.5, 0.6) is 0 Å². The first-order valence-corrected chi connectivity index (χ1v) is 10.6. The Hall–Kier alpha value is -2.45. The van der Waals surface area contributed by atoms with Crippen molar-refractivity contribution in [1.82, 2.24) is 10.2 Å². The third kappa shape index (κ3) is 7.47. The molecule has 1 unspecified atom stereocenters. The minimum atomic E-state index is -1.06. The van der Waals surface area contributed by atoms with E-state index >= 15 is 0 Å². The number of nitrogens with one attached hydrogen (secondary N) is 1. The van der Waals surface area contributed by atoms with Crippen LogP contribution in [0, 0.1) is 0 Å². The van der Waals surface area contributed by atoms with Crippen LogP contribution >= 0.6 is 24.0 Å². The molecule has 0 spiro atoms. The molecule has 2 N–H and O–H groups in total. The zero-order valence-electron chi connectivity index (χ0n) is 16.2. The summed E-state index contributed by atoms with van der Waals surface area (Å²) < 4.78 is 0.544. The molecular formula is C21H24N2O4S2. The number of carboxylic acids is 1. The standard InChI is InChI=1S/C21H24N2O4S2/c1-15(20(26)27)22-18(24)13-6-3-7-14-23-19(25)17(29-21(23)28)12-8-11-16-9-4-2-5-10-16/h2,4-5,8-12,15H,3,6-7,13-14H2,1H3,(H,22,24)(H,26,27)/b11-8+,17-12-. The van der Waals surface area contributed by atoms with E-state index in [0.717, 1.165) is 18.4 Å². The maximum Gasteiger partial charge on any atom is 0.325 e. The van der Waals surface area contributed by atoms with Crippen LogP contribution in [-0.2, 0) is 14.4 Å². The largest absolute Gasteiger partial charge is 0.480 e. The number of thiocarbonyl (C=S) groups is 1. The predicted molar refractivity (Wildman–Crippen MR) is 119 cm³/mol. The number of carboxylic acid groups (broad SMARTS) is 1. The Balaban J connectivity index is 1.73. The van der Waals surface area contributed by atoms with Gasteiger partial charge >= 0.3 is 5.97 Å². The Morgan fingerprint density at radius 2 is 1.97 bits per heavy atom. The van der Waals surface area contributed by atoms with Crippen LogP contribution in [0.25, 0.3) is 6.08 Å². The highest BCUT2D eigenvalue weighted by Gasteiger charge is 2.30. The highest BCUT2D eigenvalue weighted by molar-refractivity contribution is 8.26. The summed E-state index contributed by atoms with van der Waals surface area (Å²) in [5, 5.41) is 11.2. The van der Waals surface area contributed by atoms with Crippen molar-refractivity contribution in [2.24, 2.45) is 0 Å². The van der Waals surface area contributed by atoms with E-state index in [4.69, 9.17) is 17.3 Å². The first-order valence-electron chi connectivity index (χ1n) is 9.37. The maximum atomic E-state index is 12.5. The molecule has 1 aliphatic rings. The number of thioether (sulfide) groups is 1. The zero-order chi connectivity index (χ0) is 21.2. The number of rotatable bonds is 10. The lowest BCUT2D eigenvalue weighted by Gasteiger charge is -2.14. The van der Waals surface area contributed by atoms with Crippen LogP contribution in [-0.4, -0.2) is 44.7 Å². The van der Waals surface area contributed by atoms with Crippen LogP contribution in [0.15, 0.2) is 47.4 Å². The number of unbranched alkanes of at least 4 members (excludes halogenated alkanes) is 2. The lowest BCUT2D eigenvalue weighted by molar-refractivity contribution is -0.141. The van der Waals surface area contributed by atoms with Gasteiger partial charge in [-0.3, -0.25) is 19.3 Å². The van der Waals surface area contributed by atoms with Gasteiger partial charge in [-0.25, -0.2) is 0 Å². The Bertz CT molecular complexity index is 821. The molecule has 1 aliphatic heterocycles. The molecule has 154 valence electrons. The van der Waals surface area contributed by atoms with Crippen LogP contribution in [0.2, 0.25) is 0 Å². The highest BCUT2D eigenvalue weighted by Crippen LogP contribution is 2.31. The first kappa shape index (κ1) is 22.8. The fourth-order valence-electron chi connectivity index (χ4n) is 2.63. The van der Waals surface area contributed by atoms with Gasteiger partial charge in [0.2, 0.25) is 5.91 Å². The minimum Gasteiger partial charge on any atom is -0.480 e. The summed E-state index contributed by atoms with van der Waals surface area (Å²) in [5.74, 6) is -1.43. The quantitative estimate of drug-likeness (QED) is 0.334. The maximum absolute atomic E-state index is 12.5. The fourth-order valence-corrected chi connectivity index (χ4v) is 3.89. The van der Waals surface area contributed by atoms with E-state index in [9.17, 15) is 14.4 Å². The van der Waals surface area contributed by atoms with Crippen molar-refractivity contribution in [3.05, 3.63) is 53.0 Å². The predicted octanol–water partition coefficient (Wildman–Crippen LogP) is 3.59. The number of amides is 2. The zero-order valence-corrected chi connectivity index (χ0v) is 17.8. The van der Waals surface area contributed by atoms with Gasteiger partial charge in [0.25, 0.3) is 5.91 Å². The lowest BCUT2D eigenvalue weighted by atomic mass is 10.1. The second-order valence-electron chi connectivity index (χ2n) is 6.56. The summed E-state index contributed by atoms with van der Waals surface area (Å²) >= 11 is 6.61. The second-order valence-corrected chi connectivity index (χ2v) is 8.24. The summed E-state index contributed by atoms with van der Waals surface area (Å²) in [6.45, 7) is 1.94. The third-order valence-corrected chi connectivity index (χ3v) is 5.64. The molecule has 1 aromatic carbocycles. The average molecular weight is 433 g/mol. The summed E-state index contributed by atoms with van der Waals surface area (Å²) in [5.41, 5.74) is 1.06. The third-order valence-electron chi connectivity index (χ3n) is 4.24. The SMILES string of the molecule is CC(NC(=O)CCCCCN1C(=O)/C(=C/C=C/c2ccccc2)SC1=S)C(=O)O. The number of carbonyl (C=O) groups excluding carboxylic acids is 2. The molecule has 29 heavy (non-hydrogen) atoms. The van der Waals surface area contributed by atoms with Gasteiger partial charge in [-0.2, -0.15) is 0 Å². The average Bonchev–Trinajstić information content (AvgIpc) is 2.95. The van der Waals surface area contributed by atoms with Crippen molar-refractivity contribution in [3.8, 4) is 0 Å². The van der Waals surface area contributed by atoms with Gasteiger partial charge in [0, 0.05) is 13.0 Å². The summed E-state index contributed by atoms with van der Waals surface area (Å²) in [7, 11) is 0. The van der Waals surface area contributed by atoms with Crippen molar-refractivity contribution in [3.63, 3.8) is 0 Å². The van der Waals surface area contributed by atoms with Gasteiger partial charge in [-0.05, 0) is 31.4 Å². The lowest BCUT2D eigenvalue weighted by Crippen LogP contribution is -2.38. The van der Waals surface area contributed by atoms with E-state index in [1.807, 2.05) is 42.5 Å². The Kier molecular flexibility index (Phi) is 9.08. The van der Waals surface area contributed by atoms with E-state index in [2.05, 4.69) is 5.32 Å². The van der Waals surface area contributed by atoms with Gasteiger partial charge in [0.1, 0.15) is 10.4 Å². The van der Waals surface area contributed by atoms with Gasteiger partial charge in [0.05, 0.1) is 4.91 Å². The van der Waals surface area contributed by atoms with Gasteiger partial charge in [0.15, 0.2) is 0 Å². The first-order chi connectivity index (χ1) is 13.9. The van der Waals surface area contributed by atoms with E-state index in [-0.39, 0.29) is 18.2 Å². The molecule has 6 nitrogen and oxygen atoms in total. The Morgan fingerprint density at radius 1 is 1.24 bits per heavy atom. The fraction of sp³-hybridized carbons (Fsp3) is 0.333. The molecular weight excluding hydrogens is 408 g/mol. The van der Waals surface area contributed by atoms with Gasteiger partial charge in [-0.15, -0.1) is 0 Å². The highest BCUT2D eigenvalue weighted by atomic mass is 32.2. The smallest absolute Gasteiger partial charge is 0.325 e. The van der Waals surface area contributed by atoms with Crippen LogP contribution < -0.4 is 5.32 Å². The molecule has 0 aromatic heterocycles. The van der Waals surface area contributed by atoms with Crippen LogP contribution in [0.3, 0.4) is 0 Å². The topological polar surface area (TPSA) is 86.7 Å². The van der Waals surface area contributed by atoms with E-state index in [1.54, 1.807) is 11.0 Å². The Labute approximate surface area is 180 Å². The molecule has 0 saturated carbocycles. The Morgan fingerprint density at radius 3 is 2.66 bits per heavy atom. The van der Waals surface area contributed by atoms with Crippen molar-refractivity contribution in [1.29, 1.82) is 0 Å². The molecule has 0 radical (unpaired) electrons. The molecule has 0 aliphatic carbocycles. The molecule has 1 fully saturated rings. The van der Waals surface area contributed by atoms with Crippen LogP contribution in [0.1, 0.15) is 38.2 Å². The number of carbonyl (C=O) groups is 3. The van der Waals surface area contributed by atoms with Crippen molar-refractivity contribution in [2.45, 2.75) is 38.6 Å². The summed E-state index contributed by atoms with van der Waals surface area (Å²) in [6, 6.07) is 8.94. The number of hydrogen-bond donors (Lipinski definition) is 2. The molecule has 1 heterocycles. The van der Waals surface area contributed by atoms with Gasteiger partial charge in [-0.1, -0.05) is 72.9 Å². The molecule has 8 heteroatoms. The molecule has 2 rings (SSSR count). The van der Waals surface area contributed by atoms with Crippen molar-refractivity contribution in [2.75, 3.05) is 6.54 Å². The summed E-state index contributed by atoms with van der Waals surface area (Å²) in [6.07, 6.45) is 7.92. The van der Waals surface area contributed by atoms with Crippen LogP contribution in [0.4, 0.5) is 0 Å². The van der Waals surface area contributed by atoms with Crippen molar-refractivity contribution < 1.29 is 19.5 Å². The van der Waals surface area contributed by atoms with E-state index in [0.29, 0.717) is 22.2 Å².